The summed E-state index contributed by atoms with van der Waals surface area (Å²) in [6, 6.07) is 7.16. The Bertz CT molecular complexity index is 308. The van der Waals surface area contributed by atoms with Crippen molar-refractivity contribution in [3.63, 3.8) is 0 Å². The minimum absolute atomic E-state index is 0.0316. The van der Waals surface area contributed by atoms with Gasteiger partial charge in [-0.1, -0.05) is 28.7 Å². The molecule has 62 valence electrons. The van der Waals surface area contributed by atoms with Crippen LogP contribution in [0.15, 0.2) is 18.2 Å². The van der Waals surface area contributed by atoms with E-state index in [-0.39, 0.29) is 10.5 Å². The van der Waals surface area contributed by atoms with Gasteiger partial charge in [-0.3, -0.25) is 0 Å². The van der Waals surface area contributed by atoms with Crippen LogP contribution < -0.4 is 0 Å². The van der Waals surface area contributed by atoms with E-state index in [1.165, 1.54) is 0 Å². The molecule has 1 atom stereocenters. The van der Waals surface area contributed by atoms with E-state index in [0.717, 1.165) is 5.69 Å². The summed E-state index contributed by atoms with van der Waals surface area (Å²) < 4.78 is -0.0316. The largest absolute Gasteiger partial charge is 0.395 e. The fourth-order valence-corrected chi connectivity index (χ4v) is 1.13. The first-order valence-corrected chi connectivity index (χ1v) is 4.64. The number of nitriles is 1. The summed E-state index contributed by atoms with van der Waals surface area (Å²) in [4.78, 5) is 4.03. The lowest BCUT2D eigenvalue weighted by atomic mass is 10.2. The third kappa shape index (κ3) is 2.16. The molecule has 0 aliphatic carbocycles. The molecule has 0 spiro atoms. The molecule has 0 saturated carbocycles. The van der Waals surface area contributed by atoms with Gasteiger partial charge >= 0.3 is 0 Å². The molecule has 0 aliphatic heterocycles. The summed E-state index contributed by atoms with van der Waals surface area (Å²) in [6.07, 6.45) is 0. The number of halogens is 1. The molecule has 0 amide bonds. The molecule has 0 fully saturated rings. The molecule has 1 aromatic heterocycles. The molecule has 1 aromatic rings. The lowest BCUT2D eigenvalue weighted by Gasteiger charge is -2.04. The Morgan fingerprint density at radius 2 is 2.42 bits per heavy atom. The van der Waals surface area contributed by atoms with Crippen molar-refractivity contribution in [2.45, 2.75) is 3.92 Å². The van der Waals surface area contributed by atoms with Gasteiger partial charge in [0.1, 0.15) is 11.8 Å². The predicted octanol–water partition coefficient (Wildman–Crippen LogP) is 1.42. The molecule has 4 heteroatoms. The van der Waals surface area contributed by atoms with Crippen LogP contribution >= 0.6 is 22.6 Å². The van der Waals surface area contributed by atoms with E-state index < -0.39 is 0 Å². The highest BCUT2D eigenvalue weighted by molar-refractivity contribution is 14.1. The molecular weight excluding hydrogens is 267 g/mol. The van der Waals surface area contributed by atoms with Gasteiger partial charge in [0.2, 0.25) is 0 Å². The topological polar surface area (TPSA) is 56.9 Å². The SMILES string of the molecule is N#Cc1cccc([C@H](I)CO)n1. The van der Waals surface area contributed by atoms with Gasteiger partial charge in [-0.2, -0.15) is 5.26 Å². The average molecular weight is 274 g/mol. The van der Waals surface area contributed by atoms with Gasteiger partial charge in [0, 0.05) is 0 Å². The number of aromatic nitrogens is 1. The van der Waals surface area contributed by atoms with Crippen molar-refractivity contribution >= 4 is 22.6 Å². The molecule has 1 rings (SSSR count). The lowest BCUT2D eigenvalue weighted by Crippen LogP contribution is -1.99. The summed E-state index contributed by atoms with van der Waals surface area (Å²) in [6.45, 7) is 0.0441. The normalized spacial score (nSPS) is 12.1. The molecular formula is C8H7IN2O. The Morgan fingerprint density at radius 3 is 3.00 bits per heavy atom. The zero-order valence-electron chi connectivity index (χ0n) is 6.24. The van der Waals surface area contributed by atoms with Crippen molar-refractivity contribution in [2.75, 3.05) is 6.61 Å². The highest BCUT2D eigenvalue weighted by Crippen LogP contribution is 2.19. The molecule has 0 unspecified atom stereocenters. The van der Waals surface area contributed by atoms with E-state index in [1.54, 1.807) is 18.2 Å². The minimum atomic E-state index is -0.0316. The summed E-state index contributed by atoms with van der Waals surface area (Å²) >= 11 is 2.08. The predicted molar refractivity (Wildman–Crippen MR) is 52.8 cm³/mol. The van der Waals surface area contributed by atoms with E-state index in [0.29, 0.717) is 5.69 Å². The first kappa shape index (κ1) is 9.42. The Morgan fingerprint density at radius 1 is 1.67 bits per heavy atom. The summed E-state index contributed by atoms with van der Waals surface area (Å²) in [5.74, 6) is 0. The Balaban J connectivity index is 2.95. The smallest absolute Gasteiger partial charge is 0.140 e. The first-order chi connectivity index (χ1) is 5.77. The van der Waals surface area contributed by atoms with Gasteiger partial charge in [-0.05, 0) is 12.1 Å². The zero-order valence-corrected chi connectivity index (χ0v) is 8.39. The van der Waals surface area contributed by atoms with Crippen molar-refractivity contribution in [1.82, 2.24) is 4.98 Å². The number of rotatable bonds is 2. The molecule has 3 nitrogen and oxygen atoms in total. The van der Waals surface area contributed by atoms with Crippen LogP contribution in [0.1, 0.15) is 15.3 Å². The third-order valence-electron chi connectivity index (χ3n) is 1.37. The number of hydrogen-bond donors (Lipinski definition) is 1. The summed E-state index contributed by atoms with van der Waals surface area (Å²) in [5.41, 5.74) is 1.14. The van der Waals surface area contributed by atoms with Gasteiger partial charge in [0.15, 0.2) is 0 Å². The standard InChI is InChI=1S/C8H7IN2O/c9-7(5-12)8-3-1-2-6(4-10)11-8/h1-3,7,12H,5H2/t7-/m1/s1. The van der Waals surface area contributed by atoms with Crippen molar-refractivity contribution in [3.8, 4) is 6.07 Å². The number of aliphatic hydroxyl groups excluding tert-OH is 1. The third-order valence-corrected chi connectivity index (χ3v) is 2.40. The van der Waals surface area contributed by atoms with Crippen LogP contribution in [0, 0.1) is 11.3 Å². The molecule has 1 N–H and O–H groups in total. The molecule has 0 bridgehead atoms. The van der Waals surface area contributed by atoms with Crippen molar-refractivity contribution in [3.05, 3.63) is 29.6 Å². The molecule has 0 radical (unpaired) electrons. The van der Waals surface area contributed by atoms with Crippen LogP contribution in [0.4, 0.5) is 0 Å². The van der Waals surface area contributed by atoms with E-state index >= 15 is 0 Å². The monoisotopic (exact) mass is 274 g/mol. The van der Waals surface area contributed by atoms with Gasteiger partial charge in [-0.25, -0.2) is 4.98 Å². The number of pyridine rings is 1. The highest BCUT2D eigenvalue weighted by atomic mass is 127. The number of aliphatic hydroxyl groups is 1. The number of alkyl halides is 1. The summed E-state index contributed by atoms with van der Waals surface area (Å²) in [5, 5.41) is 17.4. The maximum Gasteiger partial charge on any atom is 0.140 e. The van der Waals surface area contributed by atoms with Crippen LogP contribution in [0.3, 0.4) is 0 Å². The molecule has 12 heavy (non-hydrogen) atoms. The second kappa shape index (κ2) is 4.38. The molecule has 0 aliphatic rings. The van der Waals surface area contributed by atoms with Crippen LogP contribution in [0.25, 0.3) is 0 Å². The maximum atomic E-state index is 8.82. The number of hydrogen-bond acceptors (Lipinski definition) is 3. The highest BCUT2D eigenvalue weighted by Gasteiger charge is 2.06. The van der Waals surface area contributed by atoms with Crippen molar-refractivity contribution in [2.24, 2.45) is 0 Å². The number of nitrogens with zero attached hydrogens (tertiary/aromatic N) is 2. The molecule has 0 aromatic carbocycles. The van der Waals surface area contributed by atoms with E-state index in [1.807, 2.05) is 6.07 Å². The summed E-state index contributed by atoms with van der Waals surface area (Å²) in [7, 11) is 0. The van der Waals surface area contributed by atoms with Crippen LogP contribution in [0.2, 0.25) is 0 Å². The van der Waals surface area contributed by atoms with E-state index in [9.17, 15) is 0 Å². The van der Waals surface area contributed by atoms with Gasteiger partial charge < -0.3 is 5.11 Å². The second-order valence-electron chi connectivity index (χ2n) is 2.21. The van der Waals surface area contributed by atoms with Gasteiger partial charge in [0.05, 0.1) is 16.2 Å². The molecule has 1 heterocycles. The van der Waals surface area contributed by atoms with Crippen LogP contribution in [-0.4, -0.2) is 16.7 Å². The average Bonchev–Trinajstić information content (AvgIpc) is 2.17. The Kier molecular flexibility index (Phi) is 3.44. The van der Waals surface area contributed by atoms with Gasteiger partial charge in [-0.15, -0.1) is 0 Å². The van der Waals surface area contributed by atoms with Crippen LogP contribution in [0.5, 0.6) is 0 Å². The Labute approximate surface area is 84.2 Å². The maximum absolute atomic E-state index is 8.82. The van der Waals surface area contributed by atoms with Crippen molar-refractivity contribution in [1.29, 1.82) is 5.26 Å². The van der Waals surface area contributed by atoms with E-state index in [4.69, 9.17) is 10.4 Å². The quantitative estimate of drug-likeness (QED) is 0.655. The zero-order chi connectivity index (χ0) is 8.97. The fraction of sp³-hybridized carbons (Fsp3) is 0.250. The lowest BCUT2D eigenvalue weighted by molar-refractivity contribution is 0.299. The van der Waals surface area contributed by atoms with Gasteiger partial charge in [0.25, 0.3) is 0 Å². The minimum Gasteiger partial charge on any atom is -0.395 e. The second-order valence-corrected chi connectivity index (χ2v) is 3.71. The fourth-order valence-electron chi connectivity index (χ4n) is 0.782. The molecule has 0 saturated heterocycles. The van der Waals surface area contributed by atoms with Crippen molar-refractivity contribution < 1.29 is 5.11 Å². The Hall–Kier alpha value is -0.670. The van der Waals surface area contributed by atoms with E-state index in [2.05, 4.69) is 27.6 Å². The van der Waals surface area contributed by atoms with Crippen LogP contribution in [-0.2, 0) is 0 Å². The first-order valence-electron chi connectivity index (χ1n) is 3.40.